The third-order valence-corrected chi connectivity index (χ3v) is 5.04. The van der Waals surface area contributed by atoms with Crippen molar-refractivity contribution in [3.8, 4) is 0 Å². The zero-order valence-electron chi connectivity index (χ0n) is 14.8. The van der Waals surface area contributed by atoms with Crippen LogP contribution in [0.4, 0.5) is 5.82 Å². The SMILES string of the molecule is CCc1nc2ccccc2n1C1CCN(c2ccc(C(N)=O)nn2)CC1. The third-order valence-electron chi connectivity index (χ3n) is 5.04. The Hall–Kier alpha value is -2.96. The van der Waals surface area contributed by atoms with Crippen molar-refractivity contribution in [1.82, 2.24) is 19.7 Å². The molecular formula is C19H22N6O. The highest BCUT2D eigenvalue weighted by Gasteiger charge is 2.25. The molecule has 1 aliphatic heterocycles. The minimum atomic E-state index is -0.554. The quantitative estimate of drug-likeness (QED) is 0.780. The molecule has 134 valence electrons. The molecule has 3 heterocycles. The highest BCUT2D eigenvalue weighted by molar-refractivity contribution is 5.90. The molecule has 7 heteroatoms. The summed E-state index contributed by atoms with van der Waals surface area (Å²) >= 11 is 0. The molecule has 0 radical (unpaired) electrons. The van der Waals surface area contributed by atoms with Crippen LogP contribution in [0.2, 0.25) is 0 Å². The Balaban J connectivity index is 1.53. The van der Waals surface area contributed by atoms with Gasteiger partial charge < -0.3 is 15.2 Å². The second-order valence-corrected chi connectivity index (χ2v) is 6.60. The lowest BCUT2D eigenvalue weighted by molar-refractivity contribution is 0.0994. The largest absolute Gasteiger partial charge is 0.364 e. The second-order valence-electron chi connectivity index (χ2n) is 6.60. The number of anilines is 1. The molecule has 1 aliphatic rings. The van der Waals surface area contributed by atoms with Gasteiger partial charge in [0.05, 0.1) is 11.0 Å². The van der Waals surface area contributed by atoms with Gasteiger partial charge in [-0.25, -0.2) is 4.98 Å². The number of aryl methyl sites for hydroxylation is 1. The van der Waals surface area contributed by atoms with Crippen LogP contribution in [0, 0.1) is 0 Å². The minimum absolute atomic E-state index is 0.195. The smallest absolute Gasteiger partial charge is 0.269 e. The number of amides is 1. The van der Waals surface area contributed by atoms with Crippen LogP contribution in [-0.4, -0.2) is 38.7 Å². The van der Waals surface area contributed by atoms with Crippen molar-refractivity contribution in [2.75, 3.05) is 18.0 Å². The number of nitrogens with zero attached hydrogens (tertiary/aromatic N) is 5. The lowest BCUT2D eigenvalue weighted by atomic mass is 10.0. The molecule has 0 unspecified atom stereocenters. The third kappa shape index (κ3) is 2.89. The average molecular weight is 350 g/mol. The van der Waals surface area contributed by atoms with Gasteiger partial charge in [0.15, 0.2) is 11.5 Å². The van der Waals surface area contributed by atoms with E-state index >= 15 is 0 Å². The molecule has 2 aromatic heterocycles. The van der Waals surface area contributed by atoms with Crippen LogP contribution in [-0.2, 0) is 6.42 Å². The van der Waals surface area contributed by atoms with E-state index in [4.69, 9.17) is 10.7 Å². The van der Waals surface area contributed by atoms with Gasteiger partial charge in [0.1, 0.15) is 5.82 Å². The van der Waals surface area contributed by atoms with E-state index in [1.165, 1.54) is 5.52 Å². The fourth-order valence-corrected chi connectivity index (χ4v) is 3.73. The number of aromatic nitrogens is 4. The van der Waals surface area contributed by atoms with Crippen LogP contribution < -0.4 is 10.6 Å². The average Bonchev–Trinajstić information content (AvgIpc) is 3.07. The Bertz CT molecular complexity index is 925. The van der Waals surface area contributed by atoms with E-state index in [0.29, 0.717) is 6.04 Å². The van der Waals surface area contributed by atoms with Crippen molar-refractivity contribution in [2.24, 2.45) is 5.73 Å². The van der Waals surface area contributed by atoms with Gasteiger partial charge in [0, 0.05) is 25.6 Å². The lowest BCUT2D eigenvalue weighted by Crippen LogP contribution is -2.35. The molecule has 2 N–H and O–H groups in total. The molecule has 0 atom stereocenters. The Labute approximate surface area is 151 Å². The summed E-state index contributed by atoms with van der Waals surface area (Å²) in [7, 11) is 0. The molecule has 0 bridgehead atoms. The minimum Gasteiger partial charge on any atom is -0.364 e. The van der Waals surface area contributed by atoms with Gasteiger partial charge in [-0.1, -0.05) is 19.1 Å². The number of para-hydroxylation sites is 2. The van der Waals surface area contributed by atoms with Crippen molar-refractivity contribution < 1.29 is 4.79 Å². The van der Waals surface area contributed by atoms with Gasteiger partial charge in [-0.15, -0.1) is 10.2 Å². The number of primary amides is 1. The Morgan fingerprint density at radius 3 is 2.58 bits per heavy atom. The molecule has 1 aromatic carbocycles. The Morgan fingerprint density at radius 1 is 1.15 bits per heavy atom. The van der Waals surface area contributed by atoms with Crippen LogP contribution in [0.15, 0.2) is 36.4 Å². The monoisotopic (exact) mass is 350 g/mol. The number of imidazole rings is 1. The van der Waals surface area contributed by atoms with Gasteiger partial charge in [0.2, 0.25) is 0 Å². The molecule has 0 saturated carbocycles. The van der Waals surface area contributed by atoms with E-state index in [2.05, 4.69) is 44.8 Å². The van der Waals surface area contributed by atoms with Crippen LogP contribution >= 0.6 is 0 Å². The second kappa shape index (κ2) is 6.74. The summed E-state index contributed by atoms with van der Waals surface area (Å²) in [5.41, 5.74) is 7.70. The lowest BCUT2D eigenvalue weighted by Gasteiger charge is -2.34. The summed E-state index contributed by atoms with van der Waals surface area (Å²) in [6.07, 6.45) is 2.97. The summed E-state index contributed by atoms with van der Waals surface area (Å²) in [5, 5.41) is 8.06. The number of carbonyl (C=O) groups is 1. The number of hydrogen-bond donors (Lipinski definition) is 1. The molecule has 1 saturated heterocycles. The molecular weight excluding hydrogens is 328 g/mol. The predicted octanol–water partition coefficient (Wildman–Crippen LogP) is 2.33. The van der Waals surface area contributed by atoms with E-state index in [-0.39, 0.29) is 5.69 Å². The predicted molar refractivity (Wildman–Crippen MR) is 100 cm³/mol. The fraction of sp³-hybridized carbons (Fsp3) is 0.368. The van der Waals surface area contributed by atoms with Crippen molar-refractivity contribution in [2.45, 2.75) is 32.2 Å². The van der Waals surface area contributed by atoms with Crippen molar-refractivity contribution in [1.29, 1.82) is 0 Å². The summed E-state index contributed by atoms with van der Waals surface area (Å²) in [5.74, 6) is 1.39. The first kappa shape index (κ1) is 16.5. The molecule has 0 aliphatic carbocycles. The number of carbonyl (C=O) groups excluding carboxylic acids is 1. The van der Waals surface area contributed by atoms with Crippen LogP contribution in [0.5, 0.6) is 0 Å². The topological polar surface area (TPSA) is 89.9 Å². The van der Waals surface area contributed by atoms with E-state index < -0.39 is 5.91 Å². The highest BCUT2D eigenvalue weighted by Crippen LogP contribution is 2.30. The van der Waals surface area contributed by atoms with Crippen LogP contribution in [0.25, 0.3) is 11.0 Å². The molecule has 3 aromatic rings. The van der Waals surface area contributed by atoms with Crippen LogP contribution in [0.3, 0.4) is 0 Å². The first-order chi connectivity index (χ1) is 12.7. The molecule has 1 fully saturated rings. The number of piperidine rings is 1. The van der Waals surface area contributed by atoms with Gasteiger partial charge in [0.25, 0.3) is 5.91 Å². The maximum absolute atomic E-state index is 11.1. The molecule has 26 heavy (non-hydrogen) atoms. The van der Waals surface area contributed by atoms with E-state index in [0.717, 1.165) is 49.5 Å². The summed E-state index contributed by atoms with van der Waals surface area (Å²) < 4.78 is 2.41. The van der Waals surface area contributed by atoms with Gasteiger partial charge in [-0.05, 0) is 37.1 Å². The fourth-order valence-electron chi connectivity index (χ4n) is 3.73. The zero-order chi connectivity index (χ0) is 18.1. The van der Waals surface area contributed by atoms with Gasteiger partial charge in [-0.2, -0.15) is 0 Å². The molecule has 4 rings (SSSR count). The molecule has 1 amide bonds. The van der Waals surface area contributed by atoms with Crippen molar-refractivity contribution in [3.05, 3.63) is 47.9 Å². The normalized spacial score (nSPS) is 15.5. The van der Waals surface area contributed by atoms with Crippen molar-refractivity contribution >= 4 is 22.8 Å². The van der Waals surface area contributed by atoms with E-state index in [1.807, 2.05) is 12.1 Å². The number of fused-ring (bicyclic) bond motifs is 1. The van der Waals surface area contributed by atoms with Crippen molar-refractivity contribution in [3.63, 3.8) is 0 Å². The first-order valence-electron chi connectivity index (χ1n) is 9.01. The van der Waals surface area contributed by atoms with E-state index in [9.17, 15) is 4.79 Å². The number of benzene rings is 1. The van der Waals surface area contributed by atoms with E-state index in [1.54, 1.807) is 6.07 Å². The Morgan fingerprint density at radius 2 is 1.92 bits per heavy atom. The summed E-state index contributed by atoms with van der Waals surface area (Å²) in [6.45, 7) is 3.94. The maximum Gasteiger partial charge on any atom is 0.269 e. The maximum atomic E-state index is 11.1. The highest BCUT2D eigenvalue weighted by atomic mass is 16.1. The summed E-state index contributed by atoms with van der Waals surface area (Å²) in [6, 6.07) is 12.2. The summed E-state index contributed by atoms with van der Waals surface area (Å²) in [4.78, 5) is 18.1. The standard InChI is InChI=1S/C19H22N6O/c1-2-17-21-14-5-3-4-6-16(14)25(17)13-9-11-24(12-10-13)18-8-7-15(19(20)26)22-23-18/h3-8,13H,2,9-12H2,1H3,(H2,20,26). The number of rotatable bonds is 4. The van der Waals surface area contributed by atoms with Crippen LogP contribution in [0.1, 0.15) is 42.1 Å². The number of nitrogens with two attached hydrogens (primary N) is 1. The molecule has 7 nitrogen and oxygen atoms in total. The first-order valence-corrected chi connectivity index (χ1v) is 9.01. The number of hydrogen-bond acceptors (Lipinski definition) is 5. The zero-order valence-corrected chi connectivity index (χ0v) is 14.8. The molecule has 0 spiro atoms. The Kier molecular flexibility index (Phi) is 4.28. The van der Waals surface area contributed by atoms with Gasteiger partial charge >= 0.3 is 0 Å². The van der Waals surface area contributed by atoms with Gasteiger partial charge in [-0.3, -0.25) is 4.79 Å².